The summed E-state index contributed by atoms with van der Waals surface area (Å²) in [5.74, 6) is -26.0. The Kier molecular flexibility index (Phi) is 49.8. The predicted octanol–water partition coefficient (Wildman–Crippen LogP) is -12.8. The lowest BCUT2D eigenvalue weighted by atomic mass is 9.98. The molecular weight excluding hydrogens is 1720 g/mol. The zero-order valence-electron chi connectivity index (χ0n) is 76.4. The van der Waals surface area contributed by atoms with Gasteiger partial charge in [0.15, 0.2) is 6.04 Å². The van der Waals surface area contributed by atoms with Gasteiger partial charge in [0.25, 0.3) is 0 Å². The van der Waals surface area contributed by atoms with Crippen molar-refractivity contribution in [1.29, 1.82) is 0 Å². The molecule has 0 unspecified atom stereocenters. The number of primary amides is 2. The molecule has 130 heavy (non-hydrogen) atoms. The maximum Gasteiger partial charge on any atom is 0.328 e. The first-order valence-corrected chi connectivity index (χ1v) is 42.4. The van der Waals surface area contributed by atoms with Crippen molar-refractivity contribution in [1.82, 2.24) is 101 Å². The second-order valence-electron chi connectivity index (χ2n) is 33.7. The predicted molar refractivity (Wildman–Crippen MR) is 457 cm³/mol. The molecule has 1 saturated heterocycles. The monoisotopic (exact) mass is 1860 g/mol. The molecule has 51 heteroatoms. The number of aliphatic hydroxyl groups is 6. The number of carbonyl (C=O) groups is 22. The average molecular weight is 1860 g/mol. The van der Waals surface area contributed by atoms with Gasteiger partial charge in [0, 0.05) is 19.4 Å². The number of nitrogens with two attached hydrogens (primary N) is 3. The minimum Gasteiger partial charge on any atom is -0.480 e. The van der Waals surface area contributed by atoms with E-state index >= 15 is 0 Å². The molecule has 0 spiro atoms. The summed E-state index contributed by atoms with van der Waals surface area (Å²) in [6, 6.07) is -28.3. The van der Waals surface area contributed by atoms with Gasteiger partial charge < -0.3 is 154 Å². The van der Waals surface area contributed by atoms with E-state index in [1.165, 1.54) is 62.3 Å². The first-order chi connectivity index (χ1) is 60.2. The Morgan fingerprint density at radius 1 is 0.331 bits per heavy atom. The van der Waals surface area contributed by atoms with E-state index in [1.807, 2.05) is 0 Å². The molecule has 0 saturated carbocycles. The molecule has 0 bridgehead atoms. The number of amides is 21. The maximum absolute atomic E-state index is 14.1. The number of rotatable bonds is 56. The fraction of sp³-hybridized carbons (Fsp3) is 0.722. The van der Waals surface area contributed by atoms with E-state index in [0.717, 1.165) is 39.5 Å². The molecule has 21 amide bonds. The van der Waals surface area contributed by atoms with Crippen LogP contribution in [0.1, 0.15) is 170 Å². The number of carbonyl (C=O) groups excluding carboxylic acids is 21. The molecule has 0 radical (unpaired) electrons. The summed E-state index contributed by atoms with van der Waals surface area (Å²) >= 11 is 0. The SMILES string of the molecule is CC(C)C[C@H](NC(=O)[C@@H](NC(=O)[C@H](CCC(N)=O)NC(=O)[C@H](C)N)C(C)C)C(=O)N[C@H](C(=O)N[C@@H](CCC(N)=O)C(=O)N[C@H](C(=O)N[C@@H](C)C(=O)N[C@@H](CO)C(=O)N1CCC[C@H]1C(=O)N[C@H](C(=O)N[C@@H](CO)C(=O)N[C@@H](C)C(=O)N[C@@H](C)C(=O)N[C@H](C(=O)NCC(=O)NCC(=O)N[C@H](C(=O)N[C@H](C(=O)N[C@H](C(=O)O)[C@@H](C)O)C(C)C)[C@@H](C)O)C(C)C)C(C)C)[C@@H](C)O)[C@@H](C)O. The van der Waals surface area contributed by atoms with E-state index in [1.54, 1.807) is 27.7 Å². The molecule has 1 aliphatic heterocycles. The largest absolute Gasteiger partial charge is 0.480 e. The number of carboxylic acid groups (broad SMARTS) is 1. The molecule has 1 aliphatic rings. The molecule has 0 aromatic rings. The second kappa shape index (κ2) is 55.8. The molecule has 0 aromatic carbocycles. The number of carboxylic acids is 1. The summed E-state index contributed by atoms with van der Waals surface area (Å²) in [4.78, 5) is 294. The van der Waals surface area contributed by atoms with Gasteiger partial charge in [-0.25, -0.2) is 4.79 Å². The maximum atomic E-state index is 14.1. The van der Waals surface area contributed by atoms with Gasteiger partial charge in [-0.3, -0.25) is 101 Å². The Bertz CT molecular complexity index is 3980. The van der Waals surface area contributed by atoms with Crippen LogP contribution in [0.5, 0.6) is 0 Å². The fourth-order valence-corrected chi connectivity index (χ4v) is 12.5. The Morgan fingerprint density at radius 3 is 1.06 bits per heavy atom. The van der Waals surface area contributed by atoms with Crippen LogP contribution < -0.4 is 113 Å². The smallest absolute Gasteiger partial charge is 0.328 e. The van der Waals surface area contributed by atoms with Crippen molar-refractivity contribution in [3.05, 3.63) is 0 Å². The van der Waals surface area contributed by atoms with Gasteiger partial charge in [0.1, 0.15) is 96.7 Å². The van der Waals surface area contributed by atoms with Crippen molar-refractivity contribution in [3.8, 4) is 0 Å². The van der Waals surface area contributed by atoms with E-state index in [2.05, 4.69) is 95.7 Å². The minimum absolute atomic E-state index is 0.0260. The van der Waals surface area contributed by atoms with Gasteiger partial charge in [-0.2, -0.15) is 0 Å². The van der Waals surface area contributed by atoms with Crippen molar-refractivity contribution in [3.63, 3.8) is 0 Å². The fourth-order valence-electron chi connectivity index (χ4n) is 12.5. The summed E-state index contributed by atoms with van der Waals surface area (Å²) in [7, 11) is 0. The van der Waals surface area contributed by atoms with Crippen LogP contribution in [0, 0.1) is 29.6 Å². The van der Waals surface area contributed by atoms with Crippen LogP contribution in [0.25, 0.3) is 0 Å². The Hall–Kier alpha value is -11.9. The number of nitrogens with zero attached hydrogens (tertiary/aromatic N) is 1. The van der Waals surface area contributed by atoms with Crippen LogP contribution in [0.4, 0.5) is 0 Å². The van der Waals surface area contributed by atoms with E-state index in [9.17, 15) is 141 Å². The van der Waals surface area contributed by atoms with Crippen LogP contribution in [-0.4, -0.2) is 337 Å². The molecule has 736 valence electrons. The standard InChI is InChI=1S/C79H136N22O29/c1-31(2)26-46(90-72(122)55(33(5)6)95-66(116)44(21-23-50(81)108)88-62(112)36(11)80)68(118)99-60(42(17)106)76(126)89-45(22-24-51(82)109)67(117)98-59(41(16)105)75(125)87-38(13)64(114)92-48(30-103)78(128)101-25-19-20-49(101)70(120)96-56(34(7)8)73(123)91-47(29-102)69(119)86-37(12)63(113)85-39(14)65(115)94-54(32(3)4)71(121)84-27-52(110)83-28-53(111)93-58(40(15)104)77(127)97-57(35(9)10)74(124)100-61(43(18)107)79(129)130/h31-49,54-61,102-107H,19-30,80H2,1-18H3,(H2,81,108)(H2,82,109)(H,83,110)(H,84,121)(H,85,113)(H,86,119)(H,87,125)(H,88,112)(H,89,126)(H,90,122)(H,91,123)(H,92,114)(H,93,111)(H,94,115)(H,95,116)(H,96,120)(H,97,127)(H,98,117)(H,99,118)(H,100,124)(H,129,130)/t36-,37-,38-,39-,40+,41+,42+,43+,44-,45-,46-,47-,48-,49-,54-,55-,56-,57-,58-,59-,60-,61-/m0/s1. The molecule has 0 aromatic heterocycles. The van der Waals surface area contributed by atoms with Gasteiger partial charge in [0.2, 0.25) is 124 Å². The molecule has 51 nitrogen and oxygen atoms in total. The van der Waals surface area contributed by atoms with E-state index < -0.39 is 326 Å². The highest BCUT2D eigenvalue weighted by Gasteiger charge is 2.44. The lowest BCUT2D eigenvalue weighted by molar-refractivity contribution is -0.145. The van der Waals surface area contributed by atoms with Crippen LogP contribution in [0.3, 0.4) is 0 Å². The van der Waals surface area contributed by atoms with Gasteiger partial charge in [0.05, 0.1) is 56.8 Å². The molecule has 22 atom stereocenters. The van der Waals surface area contributed by atoms with Gasteiger partial charge in [-0.1, -0.05) is 69.2 Å². The Morgan fingerprint density at radius 2 is 0.638 bits per heavy atom. The van der Waals surface area contributed by atoms with Crippen LogP contribution in [0.15, 0.2) is 0 Å². The molecule has 1 fully saturated rings. The van der Waals surface area contributed by atoms with Gasteiger partial charge >= 0.3 is 5.97 Å². The zero-order valence-corrected chi connectivity index (χ0v) is 76.4. The van der Waals surface area contributed by atoms with Crippen molar-refractivity contribution in [2.45, 2.75) is 303 Å². The van der Waals surface area contributed by atoms with Gasteiger partial charge in [-0.15, -0.1) is 0 Å². The highest BCUT2D eigenvalue weighted by molar-refractivity contribution is 6.02. The van der Waals surface area contributed by atoms with Crippen molar-refractivity contribution >= 4 is 130 Å². The summed E-state index contributed by atoms with van der Waals surface area (Å²) in [5, 5.41) is 114. The third kappa shape index (κ3) is 39.2. The first-order valence-electron chi connectivity index (χ1n) is 42.4. The van der Waals surface area contributed by atoms with E-state index in [-0.39, 0.29) is 44.6 Å². The summed E-state index contributed by atoms with van der Waals surface area (Å²) < 4.78 is 0. The van der Waals surface area contributed by atoms with Crippen molar-refractivity contribution < 1.29 is 141 Å². The topological polar surface area (TPSA) is 815 Å². The zero-order chi connectivity index (χ0) is 100. The van der Waals surface area contributed by atoms with Crippen LogP contribution in [-0.2, 0) is 105 Å². The second-order valence-corrected chi connectivity index (χ2v) is 33.7. The molecule has 0 aliphatic carbocycles. The summed E-state index contributed by atoms with van der Waals surface area (Å²) in [5.41, 5.74) is 16.3. The molecular formula is C79H136N22O29. The highest BCUT2D eigenvalue weighted by atomic mass is 16.4. The number of hydrogen-bond donors (Lipinski definition) is 28. The van der Waals surface area contributed by atoms with Gasteiger partial charge in [-0.05, 0) is 117 Å². The molecule has 31 N–H and O–H groups in total. The minimum atomic E-state index is -1.98. The lowest BCUT2D eigenvalue weighted by Gasteiger charge is -2.31. The van der Waals surface area contributed by atoms with Crippen LogP contribution in [0.2, 0.25) is 0 Å². The van der Waals surface area contributed by atoms with Crippen molar-refractivity contribution in [2.24, 2.45) is 46.8 Å². The van der Waals surface area contributed by atoms with E-state index in [4.69, 9.17) is 17.2 Å². The number of aliphatic hydroxyl groups excluding tert-OH is 6. The Labute approximate surface area is 751 Å². The number of aliphatic carboxylic acids is 1. The number of nitrogens with one attached hydrogen (secondary N) is 18. The van der Waals surface area contributed by atoms with Crippen molar-refractivity contribution in [2.75, 3.05) is 32.8 Å². The first kappa shape index (κ1) is 116. The third-order valence-electron chi connectivity index (χ3n) is 20.2. The van der Waals surface area contributed by atoms with E-state index in [0.29, 0.717) is 0 Å². The van der Waals surface area contributed by atoms with Crippen LogP contribution >= 0.6 is 0 Å². The number of hydrogen-bond acceptors (Lipinski definition) is 29. The average Bonchev–Trinajstić information content (AvgIpc) is 1.65. The highest BCUT2D eigenvalue weighted by Crippen LogP contribution is 2.21. The molecule has 1 heterocycles. The quantitative estimate of drug-likeness (QED) is 0.0269. The summed E-state index contributed by atoms with van der Waals surface area (Å²) in [6.07, 6.45) is -8.45. The summed E-state index contributed by atoms with van der Waals surface area (Å²) in [6.45, 7) is 20.8. The third-order valence-corrected chi connectivity index (χ3v) is 20.2. The molecule has 1 rings (SSSR count). The lowest BCUT2D eigenvalue weighted by Crippen LogP contribution is -2.63. The Balaban J connectivity index is 3.14. The normalized spacial score (nSPS) is 17.4. The number of likely N-dealkylation sites (tertiary alicyclic amines) is 1.